The van der Waals surface area contributed by atoms with Gasteiger partial charge in [-0.3, -0.25) is 4.79 Å². The molecule has 2 aromatic rings. The summed E-state index contributed by atoms with van der Waals surface area (Å²) in [6.45, 7) is 3.46. The monoisotopic (exact) mass is 422 g/mol. The van der Waals surface area contributed by atoms with Crippen molar-refractivity contribution in [2.45, 2.75) is 31.3 Å². The van der Waals surface area contributed by atoms with E-state index in [2.05, 4.69) is 17.0 Å². The fourth-order valence-electron chi connectivity index (χ4n) is 4.85. The van der Waals surface area contributed by atoms with Crippen molar-refractivity contribution in [1.29, 1.82) is 0 Å². The van der Waals surface area contributed by atoms with Gasteiger partial charge in [0.05, 0.1) is 13.2 Å². The normalized spacial score (nSPS) is 22.7. The molecule has 3 atom stereocenters. The van der Waals surface area contributed by atoms with Crippen LogP contribution in [0.2, 0.25) is 0 Å². The molecule has 1 saturated carbocycles. The number of methoxy groups -OCH3 is 1. The Morgan fingerprint density at radius 1 is 1.16 bits per heavy atom. The minimum absolute atomic E-state index is 0.109. The Labute approximate surface area is 185 Å². The highest BCUT2D eigenvalue weighted by atomic mass is 16.5. The molecule has 4 rings (SSSR count). The quantitative estimate of drug-likeness (QED) is 0.705. The molecule has 1 saturated heterocycles. The van der Waals surface area contributed by atoms with Gasteiger partial charge in [0.1, 0.15) is 5.75 Å². The zero-order valence-electron chi connectivity index (χ0n) is 18.6. The molecule has 0 bridgehead atoms. The van der Waals surface area contributed by atoms with Gasteiger partial charge in [-0.15, -0.1) is 0 Å². The number of piperidine rings is 1. The van der Waals surface area contributed by atoms with E-state index in [1.165, 1.54) is 5.56 Å². The molecular formula is C26H34N2O3. The van der Waals surface area contributed by atoms with E-state index in [4.69, 9.17) is 4.74 Å². The number of nitrogens with zero attached hydrogens (tertiary/aromatic N) is 2. The number of likely N-dealkylation sites (tertiary alicyclic amines) is 1. The zero-order valence-corrected chi connectivity index (χ0v) is 18.6. The third kappa shape index (κ3) is 5.46. The van der Waals surface area contributed by atoms with E-state index in [1.54, 1.807) is 7.11 Å². The van der Waals surface area contributed by atoms with Crippen molar-refractivity contribution in [2.24, 2.45) is 11.8 Å². The summed E-state index contributed by atoms with van der Waals surface area (Å²) in [5.41, 5.74) is 2.18. The number of benzene rings is 2. The van der Waals surface area contributed by atoms with Gasteiger partial charge in [-0.1, -0.05) is 42.5 Å². The van der Waals surface area contributed by atoms with E-state index < -0.39 is 6.10 Å². The molecule has 1 heterocycles. The van der Waals surface area contributed by atoms with E-state index in [0.717, 1.165) is 50.2 Å². The van der Waals surface area contributed by atoms with Crippen molar-refractivity contribution < 1.29 is 14.6 Å². The maximum absolute atomic E-state index is 12.9. The molecule has 5 heteroatoms. The fourth-order valence-corrected chi connectivity index (χ4v) is 4.85. The Bertz CT molecular complexity index is 864. The molecule has 0 spiro atoms. The molecule has 0 aromatic heterocycles. The van der Waals surface area contributed by atoms with Crippen LogP contribution in [0.4, 0.5) is 0 Å². The largest absolute Gasteiger partial charge is 0.497 e. The molecule has 5 nitrogen and oxygen atoms in total. The number of rotatable bonds is 8. The number of hydrogen-bond acceptors (Lipinski definition) is 4. The average Bonchev–Trinajstić information content (AvgIpc) is 3.61. The lowest BCUT2D eigenvalue weighted by molar-refractivity contribution is -0.132. The van der Waals surface area contributed by atoms with Crippen molar-refractivity contribution in [3.63, 3.8) is 0 Å². The van der Waals surface area contributed by atoms with Gasteiger partial charge in [-0.25, -0.2) is 0 Å². The average molecular weight is 423 g/mol. The van der Waals surface area contributed by atoms with Crippen molar-refractivity contribution >= 4 is 5.91 Å². The number of carbonyl (C=O) groups excluding carboxylic acids is 1. The molecule has 2 fully saturated rings. The SMILES string of the molecule is COc1cccc([C@@H]2C[C@@H]2C(=O)N(C)CC2CCN(C[C@H](O)c3ccccc3)CC2)c1. The Kier molecular flexibility index (Phi) is 6.93. The van der Waals surface area contributed by atoms with Gasteiger partial charge >= 0.3 is 0 Å². The molecule has 1 aliphatic heterocycles. The van der Waals surface area contributed by atoms with Crippen molar-refractivity contribution in [3.05, 3.63) is 65.7 Å². The minimum Gasteiger partial charge on any atom is -0.497 e. The Morgan fingerprint density at radius 3 is 2.61 bits per heavy atom. The maximum atomic E-state index is 12.9. The van der Waals surface area contributed by atoms with Crippen molar-refractivity contribution in [2.75, 3.05) is 40.3 Å². The van der Waals surface area contributed by atoms with Crippen LogP contribution in [0.5, 0.6) is 5.75 Å². The van der Waals surface area contributed by atoms with Crippen molar-refractivity contribution in [3.8, 4) is 5.75 Å². The third-order valence-corrected chi connectivity index (χ3v) is 6.86. The van der Waals surface area contributed by atoms with Gasteiger partial charge in [0.2, 0.25) is 5.91 Å². The molecule has 2 aromatic carbocycles. The summed E-state index contributed by atoms with van der Waals surface area (Å²) in [6.07, 6.45) is 2.64. The first-order chi connectivity index (χ1) is 15.0. The van der Waals surface area contributed by atoms with Crippen LogP contribution in [0, 0.1) is 11.8 Å². The van der Waals surface area contributed by atoms with E-state index in [1.807, 2.05) is 54.4 Å². The van der Waals surface area contributed by atoms with Crippen LogP contribution in [0.25, 0.3) is 0 Å². The van der Waals surface area contributed by atoms with Crippen LogP contribution in [0.3, 0.4) is 0 Å². The molecule has 0 radical (unpaired) electrons. The van der Waals surface area contributed by atoms with Crippen LogP contribution >= 0.6 is 0 Å². The fraction of sp³-hybridized carbons (Fsp3) is 0.500. The highest BCUT2D eigenvalue weighted by Gasteiger charge is 2.45. The standard InChI is InChI=1S/C26H34N2O3/c1-27(26(30)24-16-23(24)21-9-6-10-22(15-21)31-2)17-19-11-13-28(14-12-19)18-25(29)20-7-4-3-5-8-20/h3-10,15,19,23-25,29H,11-14,16-18H2,1-2H3/t23-,24-,25-/m0/s1. The summed E-state index contributed by atoms with van der Waals surface area (Å²) in [5.74, 6) is 2.10. The second-order valence-electron chi connectivity index (χ2n) is 9.11. The molecule has 31 heavy (non-hydrogen) atoms. The first-order valence-electron chi connectivity index (χ1n) is 11.4. The van der Waals surface area contributed by atoms with Crippen LogP contribution in [-0.2, 0) is 4.79 Å². The molecule has 1 aliphatic carbocycles. The number of hydrogen-bond donors (Lipinski definition) is 1. The number of amides is 1. The molecule has 1 N–H and O–H groups in total. The highest BCUT2D eigenvalue weighted by Crippen LogP contribution is 2.49. The number of β-amino-alcohol motifs (C(OH)–C–C–N with tert-alkyl or cyclic N) is 1. The first kappa shape index (κ1) is 21.8. The van der Waals surface area contributed by atoms with Crippen molar-refractivity contribution in [1.82, 2.24) is 9.80 Å². The lowest BCUT2D eigenvalue weighted by Crippen LogP contribution is -2.41. The van der Waals surface area contributed by atoms with Crippen LogP contribution in [-0.4, -0.2) is 61.2 Å². The summed E-state index contributed by atoms with van der Waals surface area (Å²) in [4.78, 5) is 17.2. The smallest absolute Gasteiger partial charge is 0.226 e. The predicted molar refractivity (Wildman–Crippen MR) is 122 cm³/mol. The van der Waals surface area contributed by atoms with E-state index in [0.29, 0.717) is 18.4 Å². The second kappa shape index (κ2) is 9.84. The number of ether oxygens (including phenoxy) is 1. The topological polar surface area (TPSA) is 53.0 Å². The van der Waals surface area contributed by atoms with Gasteiger partial charge in [-0.2, -0.15) is 0 Å². The summed E-state index contributed by atoms with van der Waals surface area (Å²) >= 11 is 0. The van der Waals surface area contributed by atoms with E-state index in [-0.39, 0.29) is 11.8 Å². The molecule has 0 unspecified atom stereocenters. The summed E-state index contributed by atoms with van der Waals surface area (Å²) < 4.78 is 5.32. The van der Waals surface area contributed by atoms with Gasteiger partial charge in [0.15, 0.2) is 0 Å². The van der Waals surface area contributed by atoms with E-state index >= 15 is 0 Å². The number of aliphatic hydroxyl groups excluding tert-OH is 1. The number of carbonyl (C=O) groups is 1. The molecule has 166 valence electrons. The third-order valence-electron chi connectivity index (χ3n) is 6.86. The van der Waals surface area contributed by atoms with Crippen LogP contribution in [0.1, 0.15) is 42.4 Å². The predicted octanol–water partition coefficient (Wildman–Crippen LogP) is 3.70. The molecule has 2 aliphatic rings. The molecule has 1 amide bonds. The minimum atomic E-state index is -0.439. The molecular weight excluding hydrogens is 388 g/mol. The van der Waals surface area contributed by atoms with Gasteiger partial charge < -0.3 is 19.6 Å². The summed E-state index contributed by atoms with van der Waals surface area (Å²) in [7, 11) is 3.63. The second-order valence-corrected chi connectivity index (χ2v) is 9.11. The van der Waals surface area contributed by atoms with Crippen LogP contribution < -0.4 is 4.74 Å². The van der Waals surface area contributed by atoms with Gasteiger partial charge in [0.25, 0.3) is 0 Å². The van der Waals surface area contributed by atoms with Crippen LogP contribution in [0.15, 0.2) is 54.6 Å². The first-order valence-corrected chi connectivity index (χ1v) is 11.4. The lowest BCUT2D eigenvalue weighted by atomic mass is 9.95. The summed E-state index contributed by atoms with van der Waals surface area (Å²) in [6, 6.07) is 18.0. The summed E-state index contributed by atoms with van der Waals surface area (Å²) in [5, 5.41) is 10.5. The zero-order chi connectivity index (χ0) is 21.8. The number of aliphatic hydroxyl groups is 1. The Morgan fingerprint density at radius 2 is 1.90 bits per heavy atom. The lowest BCUT2D eigenvalue weighted by Gasteiger charge is -2.35. The van der Waals surface area contributed by atoms with Gasteiger partial charge in [0, 0.05) is 26.1 Å². The van der Waals surface area contributed by atoms with Gasteiger partial charge in [-0.05, 0) is 67.4 Å². The Balaban J connectivity index is 1.21. The maximum Gasteiger partial charge on any atom is 0.226 e. The Hall–Kier alpha value is -2.37. The highest BCUT2D eigenvalue weighted by molar-refractivity contribution is 5.82. The van der Waals surface area contributed by atoms with E-state index in [9.17, 15) is 9.90 Å².